The molecule has 0 saturated carbocycles. The third-order valence-electron chi connectivity index (χ3n) is 6.41. The molecule has 39 heavy (non-hydrogen) atoms. The number of likely N-dealkylation sites (tertiary alicyclic amines) is 1. The highest BCUT2D eigenvalue weighted by Gasteiger charge is 2.51. The quantitative estimate of drug-likeness (QED) is 0.377. The maximum Gasteiger partial charge on any atom is 0.251 e. The highest BCUT2D eigenvalue weighted by Crippen LogP contribution is 2.42. The number of halogens is 1. The van der Waals surface area contributed by atoms with Gasteiger partial charge in [-0.2, -0.15) is 0 Å². The van der Waals surface area contributed by atoms with Crippen LogP contribution in [0, 0.1) is 0 Å². The Hall–Kier alpha value is -3.16. The van der Waals surface area contributed by atoms with Crippen molar-refractivity contribution in [1.82, 2.24) is 10.2 Å². The van der Waals surface area contributed by atoms with Crippen LogP contribution in [0.25, 0.3) is 0 Å². The van der Waals surface area contributed by atoms with Gasteiger partial charge >= 0.3 is 0 Å². The van der Waals surface area contributed by atoms with Gasteiger partial charge in [0.1, 0.15) is 0 Å². The molecule has 0 aromatic carbocycles. The molecule has 3 aliphatic rings. The Bertz CT molecular complexity index is 1340. The van der Waals surface area contributed by atoms with Crippen molar-refractivity contribution in [2.24, 2.45) is 0 Å². The van der Waals surface area contributed by atoms with Crippen molar-refractivity contribution in [2.45, 2.75) is 50.7 Å². The first-order chi connectivity index (χ1) is 18.5. The van der Waals surface area contributed by atoms with Crippen LogP contribution in [0.15, 0.2) is 58.3 Å². The van der Waals surface area contributed by atoms with E-state index in [9.17, 15) is 29.4 Å². The third-order valence-corrected chi connectivity index (χ3v) is 9.12. The summed E-state index contributed by atoms with van der Waals surface area (Å²) in [6.07, 6.45) is 2.08. The third kappa shape index (κ3) is 5.48. The van der Waals surface area contributed by atoms with E-state index in [4.69, 9.17) is 9.47 Å². The van der Waals surface area contributed by atoms with Gasteiger partial charge in [-0.1, -0.05) is 28.1 Å². The molecule has 5 heterocycles. The Morgan fingerprint density at radius 1 is 1.03 bits per heavy atom. The van der Waals surface area contributed by atoms with Crippen molar-refractivity contribution in [3.05, 3.63) is 68.1 Å². The van der Waals surface area contributed by atoms with Crippen LogP contribution in [0.1, 0.15) is 49.3 Å². The van der Waals surface area contributed by atoms with Gasteiger partial charge in [0.05, 0.1) is 9.75 Å². The van der Waals surface area contributed by atoms with E-state index in [0.717, 1.165) is 0 Å². The van der Waals surface area contributed by atoms with Crippen LogP contribution in [0.3, 0.4) is 0 Å². The van der Waals surface area contributed by atoms with E-state index in [2.05, 4.69) is 21.2 Å². The van der Waals surface area contributed by atoms with E-state index in [0.29, 0.717) is 40.9 Å². The van der Waals surface area contributed by atoms with E-state index in [1.54, 1.807) is 32.0 Å². The normalized spacial score (nSPS) is 24.6. The van der Waals surface area contributed by atoms with Gasteiger partial charge in [0.2, 0.25) is 46.3 Å². The fraction of sp³-hybridized carbons (Fsp3) is 0.385. The van der Waals surface area contributed by atoms with Gasteiger partial charge in [-0.25, -0.2) is 0 Å². The Labute approximate surface area is 241 Å². The monoisotopic (exact) mass is 638 g/mol. The molecule has 2 atom stereocenters. The van der Waals surface area contributed by atoms with E-state index in [-0.39, 0.29) is 30.0 Å². The Morgan fingerprint density at radius 2 is 1.62 bits per heavy atom. The Kier molecular flexibility index (Phi) is 8.52. The van der Waals surface area contributed by atoms with Crippen molar-refractivity contribution in [3.8, 4) is 0 Å². The molecule has 0 aliphatic carbocycles. The molecule has 10 nitrogen and oxygen atoms in total. The van der Waals surface area contributed by atoms with Gasteiger partial charge in [0, 0.05) is 24.7 Å². The predicted molar refractivity (Wildman–Crippen MR) is 147 cm³/mol. The number of aliphatic hydroxyl groups is 2. The van der Waals surface area contributed by atoms with Gasteiger partial charge in [0.25, 0.3) is 11.6 Å². The number of ketones is 2. The molecule has 13 heteroatoms. The average molecular weight is 640 g/mol. The maximum absolute atomic E-state index is 12.2. The van der Waals surface area contributed by atoms with Gasteiger partial charge in [-0.05, 0) is 49.6 Å². The maximum atomic E-state index is 12.2. The number of nitrogens with one attached hydrogen (secondary N) is 1. The molecule has 208 valence electrons. The van der Waals surface area contributed by atoms with Gasteiger partial charge < -0.3 is 19.7 Å². The number of ether oxygens (including phenoxy) is 2. The van der Waals surface area contributed by atoms with E-state index in [1.807, 2.05) is 16.8 Å². The second-order valence-corrected chi connectivity index (χ2v) is 11.9. The molecule has 2 aromatic rings. The highest BCUT2D eigenvalue weighted by atomic mass is 79.9. The SMILES string of the molecule is CC1(c2cccs2)OC(N2CCCC2=O)=C(O)C1=O.CC1(c2cccs2)OC(NC(=O)CCCBr)=C(O)C1=O. The van der Waals surface area contributed by atoms with Crippen molar-refractivity contribution < 1.29 is 38.9 Å². The molecule has 0 bridgehead atoms. The molecule has 0 spiro atoms. The summed E-state index contributed by atoms with van der Waals surface area (Å²) in [5.41, 5.74) is -2.49. The van der Waals surface area contributed by atoms with Crippen LogP contribution in [0.2, 0.25) is 0 Å². The first-order valence-electron chi connectivity index (χ1n) is 12.1. The molecule has 1 fully saturated rings. The smallest absolute Gasteiger partial charge is 0.251 e. The molecule has 5 rings (SSSR count). The number of carbonyl (C=O) groups excluding carboxylic acids is 4. The number of nitrogens with zero attached hydrogens (tertiary/aromatic N) is 1. The standard InChI is InChI=1S/C13H14BrNO4S.C13H13NO4S/c1-13(8-4-3-7-20-8)11(18)10(17)12(19-13)15-9(16)5-2-6-14;1-13(8-4-3-7-19-8)11(17)10(16)12(18-13)14-6-2-5-9(14)15/h3-4,7,17H,2,5-6H2,1H3,(H,15,16);3-4,7,16H,2,5-6H2,1H3. The van der Waals surface area contributed by atoms with E-state index in [1.165, 1.54) is 27.6 Å². The van der Waals surface area contributed by atoms with E-state index < -0.39 is 34.3 Å². The lowest BCUT2D eigenvalue weighted by atomic mass is 9.99. The summed E-state index contributed by atoms with van der Waals surface area (Å²) in [5, 5.41) is 26.6. The summed E-state index contributed by atoms with van der Waals surface area (Å²) in [6.45, 7) is 3.67. The molecule has 2 amide bonds. The minimum absolute atomic E-state index is 0.00315. The van der Waals surface area contributed by atoms with Crippen molar-refractivity contribution >= 4 is 62.0 Å². The van der Waals surface area contributed by atoms with Crippen molar-refractivity contribution in [3.63, 3.8) is 0 Å². The van der Waals surface area contributed by atoms with Crippen LogP contribution in [0.5, 0.6) is 0 Å². The van der Waals surface area contributed by atoms with Crippen molar-refractivity contribution in [2.75, 3.05) is 11.9 Å². The number of aliphatic hydroxyl groups excluding tert-OH is 2. The molecule has 2 aromatic heterocycles. The lowest BCUT2D eigenvalue weighted by Crippen LogP contribution is -2.31. The number of hydrogen-bond donors (Lipinski definition) is 3. The summed E-state index contributed by atoms with van der Waals surface area (Å²) >= 11 is 5.97. The molecular formula is C26H27BrN2O8S2. The van der Waals surface area contributed by atoms with Gasteiger partial charge in [-0.3, -0.25) is 29.4 Å². The zero-order valence-electron chi connectivity index (χ0n) is 21.2. The zero-order chi connectivity index (χ0) is 28.4. The second-order valence-electron chi connectivity index (χ2n) is 9.20. The summed E-state index contributed by atoms with van der Waals surface area (Å²) in [4.78, 5) is 50.5. The molecule has 0 radical (unpaired) electrons. The van der Waals surface area contributed by atoms with Crippen molar-refractivity contribution in [1.29, 1.82) is 0 Å². The van der Waals surface area contributed by atoms with E-state index >= 15 is 0 Å². The highest BCUT2D eigenvalue weighted by molar-refractivity contribution is 9.09. The molecule has 1 saturated heterocycles. The number of amides is 2. The van der Waals surface area contributed by atoms with Crippen LogP contribution < -0.4 is 5.32 Å². The number of hydrogen-bond acceptors (Lipinski definition) is 10. The molecule has 3 N–H and O–H groups in total. The van der Waals surface area contributed by atoms with Gasteiger partial charge in [0.15, 0.2) is 0 Å². The fourth-order valence-corrected chi connectivity index (χ4v) is 6.13. The minimum Gasteiger partial charge on any atom is -0.501 e. The van der Waals surface area contributed by atoms with Crippen LogP contribution in [0.4, 0.5) is 0 Å². The summed E-state index contributed by atoms with van der Waals surface area (Å²) in [6, 6.07) is 7.15. The number of carbonyl (C=O) groups is 4. The lowest BCUT2D eigenvalue weighted by Gasteiger charge is -2.24. The number of Topliss-reactive ketones (excluding diaryl/α,β-unsaturated/α-hetero) is 2. The first kappa shape index (κ1) is 28.8. The topological polar surface area (TPSA) is 142 Å². The number of alkyl halides is 1. The summed E-state index contributed by atoms with van der Waals surface area (Å²) < 4.78 is 11.2. The first-order valence-corrected chi connectivity index (χ1v) is 15.0. The van der Waals surface area contributed by atoms with Gasteiger partial charge in [-0.15, -0.1) is 22.7 Å². The average Bonchev–Trinajstić information content (AvgIpc) is 3.75. The minimum atomic E-state index is -1.27. The van der Waals surface area contributed by atoms with Crippen LogP contribution in [-0.4, -0.2) is 50.4 Å². The zero-order valence-corrected chi connectivity index (χ0v) is 24.4. The van der Waals surface area contributed by atoms with Crippen LogP contribution in [-0.2, 0) is 39.9 Å². The summed E-state index contributed by atoms with van der Waals surface area (Å²) in [5.74, 6) is -2.60. The summed E-state index contributed by atoms with van der Waals surface area (Å²) in [7, 11) is 0. The Balaban J connectivity index is 0.000000181. The molecule has 2 unspecified atom stereocenters. The second kappa shape index (κ2) is 11.5. The lowest BCUT2D eigenvalue weighted by molar-refractivity contribution is -0.136. The van der Waals surface area contributed by atoms with Crippen LogP contribution >= 0.6 is 38.6 Å². The molecular weight excluding hydrogens is 612 g/mol. The largest absolute Gasteiger partial charge is 0.501 e. The number of thiophene rings is 2. The predicted octanol–water partition coefficient (Wildman–Crippen LogP) is 4.49. The molecule has 3 aliphatic heterocycles. The fourth-order valence-electron chi connectivity index (χ4n) is 4.21. The Morgan fingerprint density at radius 3 is 2.13 bits per heavy atom. The number of rotatable bonds is 7.